The van der Waals surface area contributed by atoms with E-state index in [-0.39, 0.29) is 12.5 Å². The van der Waals surface area contributed by atoms with Gasteiger partial charge in [-0.05, 0) is 61.2 Å². The van der Waals surface area contributed by atoms with Crippen molar-refractivity contribution < 1.29 is 23.9 Å². The summed E-state index contributed by atoms with van der Waals surface area (Å²) in [7, 11) is 1.56. The van der Waals surface area contributed by atoms with Gasteiger partial charge in [0, 0.05) is 13.1 Å². The molecular formula is C21H26N2O5S. The maximum atomic E-state index is 12.7. The van der Waals surface area contributed by atoms with Gasteiger partial charge in [-0.2, -0.15) is 0 Å². The van der Waals surface area contributed by atoms with Gasteiger partial charge in [-0.25, -0.2) is 0 Å². The van der Waals surface area contributed by atoms with Crippen LogP contribution in [0.1, 0.15) is 32.3 Å². The van der Waals surface area contributed by atoms with Gasteiger partial charge in [0.05, 0.1) is 18.6 Å². The molecule has 29 heavy (non-hydrogen) atoms. The summed E-state index contributed by atoms with van der Waals surface area (Å²) in [5, 5.41) is -0.418. The zero-order chi connectivity index (χ0) is 21.0. The molecule has 0 bridgehead atoms. The van der Waals surface area contributed by atoms with Crippen LogP contribution < -0.4 is 9.47 Å². The van der Waals surface area contributed by atoms with Crippen LogP contribution in [0.2, 0.25) is 0 Å². The first-order valence-corrected chi connectivity index (χ1v) is 10.6. The Hall–Kier alpha value is -2.48. The van der Waals surface area contributed by atoms with Gasteiger partial charge in [0.1, 0.15) is 6.54 Å². The molecule has 3 rings (SSSR count). The minimum atomic E-state index is -0.437. The van der Waals surface area contributed by atoms with Crippen molar-refractivity contribution in [1.82, 2.24) is 9.80 Å². The van der Waals surface area contributed by atoms with E-state index in [4.69, 9.17) is 9.47 Å². The molecule has 2 saturated heterocycles. The van der Waals surface area contributed by atoms with E-state index in [1.807, 2.05) is 6.92 Å². The van der Waals surface area contributed by atoms with Crippen molar-refractivity contribution in [3.8, 4) is 11.5 Å². The van der Waals surface area contributed by atoms with E-state index in [1.54, 1.807) is 36.3 Å². The van der Waals surface area contributed by atoms with E-state index < -0.39 is 11.1 Å². The fraction of sp³-hybridized carbons (Fsp3) is 0.476. The summed E-state index contributed by atoms with van der Waals surface area (Å²) in [6.45, 7) is 5.67. The summed E-state index contributed by atoms with van der Waals surface area (Å²) in [4.78, 5) is 40.6. The Morgan fingerprint density at radius 3 is 2.62 bits per heavy atom. The highest BCUT2D eigenvalue weighted by Gasteiger charge is 2.37. The first-order chi connectivity index (χ1) is 13.9. The Bertz CT molecular complexity index is 830. The van der Waals surface area contributed by atoms with E-state index >= 15 is 0 Å². The van der Waals surface area contributed by atoms with Crippen LogP contribution in [0.4, 0.5) is 4.79 Å². The number of carbonyl (C=O) groups is 3. The number of benzene rings is 1. The van der Waals surface area contributed by atoms with Gasteiger partial charge in [0.15, 0.2) is 11.5 Å². The number of hydrogen-bond donors (Lipinski definition) is 0. The van der Waals surface area contributed by atoms with Gasteiger partial charge in [-0.1, -0.05) is 13.0 Å². The molecule has 7 nitrogen and oxygen atoms in total. The molecule has 0 aromatic heterocycles. The third kappa shape index (κ3) is 4.93. The van der Waals surface area contributed by atoms with Crippen LogP contribution in [0.15, 0.2) is 23.1 Å². The number of amides is 3. The largest absolute Gasteiger partial charge is 0.493 e. The van der Waals surface area contributed by atoms with Gasteiger partial charge in [0.25, 0.3) is 11.1 Å². The van der Waals surface area contributed by atoms with Crippen LogP contribution in [-0.4, -0.2) is 60.2 Å². The predicted molar refractivity (Wildman–Crippen MR) is 112 cm³/mol. The molecule has 8 heteroatoms. The van der Waals surface area contributed by atoms with Gasteiger partial charge in [-0.3, -0.25) is 19.3 Å². The number of methoxy groups -OCH3 is 1. The fourth-order valence-electron chi connectivity index (χ4n) is 3.33. The van der Waals surface area contributed by atoms with E-state index in [0.29, 0.717) is 42.0 Å². The number of ether oxygens (including phenoxy) is 2. The number of nitrogens with zero attached hydrogens (tertiary/aromatic N) is 2. The second-order valence-electron chi connectivity index (χ2n) is 7.17. The zero-order valence-electron chi connectivity index (χ0n) is 17.0. The second-order valence-corrected chi connectivity index (χ2v) is 8.17. The monoisotopic (exact) mass is 418 g/mol. The molecule has 0 saturated carbocycles. The number of imide groups is 1. The minimum absolute atomic E-state index is 0.177. The molecule has 0 spiro atoms. The van der Waals surface area contributed by atoms with Gasteiger partial charge >= 0.3 is 0 Å². The number of likely N-dealkylation sites (tertiary alicyclic amines) is 1. The third-order valence-corrected chi connectivity index (χ3v) is 6.00. The lowest BCUT2D eigenvalue weighted by molar-refractivity contribution is -0.136. The standard InChI is InChI=1S/C21H26N2O5S/c1-4-28-17-11-15(5-6-16(17)27-3)12-18-20(25)23(21(26)29-18)13-19(24)22-9-7-14(2)8-10-22/h5-6,11-12,14H,4,7-10,13H2,1-3H3/b18-12+. The highest BCUT2D eigenvalue weighted by atomic mass is 32.2. The molecule has 156 valence electrons. The Morgan fingerprint density at radius 1 is 1.24 bits per heavy atom. The average Bonchev–Trinajstić information content (AvgIpc) is 2.96. The first-order valence-electron chi connectivity index (χ1n) is 9.77. The quantitative estimate of drug-likeness (QED) is 0.659. The normalized spacial score (nSPS) is 19.2. The molecule has 2 heterocycles. The van der Waals surface area contributed by atoms with Crippen LogP contribution in [0.3, 0.4) is 0 Å². The Morgan fingerprint density at radius 2 is 1.97 bits per heavy atom. The van der Waals surface area contributed by atoms with E-state index in [9.17, 15) is 14.4 Å². The van der Waals surface area contributed by atoms with Crippen LogP contribution in [-0.2, 0) is 9.59 Å². The van der Waals surface area contributed by atoms with Crippen LogP contribution in [0.5, 0.6) is 11.5 Å². The van der Waals surface area contributed by atoms with E-state index in [1.165, 1.54) is 0 Å². The Balaban J connectivity index is 1.71. The Labute approximate surface area is 175 Å². The van der Waals surface area contributed by atoms with Gasteiger partial charge < -0.3 is 14.4 Å². The smallest absolute Gasteiger partial charge is 0.294 e. The van der Waals surface area contributed by atoms with Crippen molar-refractivity contribution in [2.45, 2.75) is 26.7 Å². The predicted octanol–water partition coefficient (Wildman–Crippen LogP) is 3.39. The molecule has 0 atom stereocenters. The van der Waals surface area contributed by atoms with Gasteiger partial charge in [-0.15, -0.1) is 0 Å². The van der Waals surface area contributed by atoms with Crippen LogP contribution >= 0.6 is 11.8 Å². The number of rotatable bonds is 6. The van der Waals surface area contributed by atoms with Gasteiger partial charge in [0.2, 0.25) is 5.91 Å². The highest BCUT2D eigenvalue weighted by molar-refractivity contribution is 8.18. The molecule has 0 radical (unpaired) electrons. The maximum absolute atomic E-state index is 12.7. The molecule has 1 aromatic carbocycles. The molecule has 2 aliphatic heterocycles. The van der Waals surface area contributed by atoms with E-state index in [0.717, 1.165) is 35.1 Å². The lowest BCUT2D eigenvalue weighted by Gasteiger charge is -2.31. The summed E-state index contributed by atoms with van der Waals surface area (Å²) in [6.07, 6.45) is 3.54. The highest BCUT2D eigenvalue weighted by Crippen LogP contribution is 2.34. The number of hydrogen-bond acceptors (Lipinski definition) is 6. The van der Waals surface area contributed by atoms with E-state index in [2.05, 4.69) is 6.92 Å². The molecule has 1 aromatic rings. The molecule has 3 amide bonds. The van der Waals surface area contributed by atoms with Crippen molar-refractivity contribution in [3.05, 3.63) is 28.7 Å². The van der Waals surface area contributed by atoms with Crippen molar-refractivity contribution >= 4 is 34.9 Å². The van der Waals surface area contributed by atoms with Crippen molar-refractivity contribution in [2.75, 3.05) is 33.4 Å². The lowest BCUT2D eigenvalue weighted by atomic mass is 9.99. The fourth-order valence-corrected chi connectivity index (χ4v) is 4.17. The third-order valence-electron chi connectivity index (χ3n) is 5.09. The summed E-state index contributed by atoms with van der Waals surface area (Å²) in [5.74, 6) is 1.15. The number of thioether (sulfide) groups is 1. The maximum Gasteiger partial charge on any atom is 0.294 e. The summed E-state index contributed by atoms with van der Waals surface area (Å²) in [5.41, 5.74) is 0.719. The van der Waals surface area contributed by atoms with Crippen molar-refractivity contribution in [1.29, 1.82) is 0 Å². The van der Waals surface area contributed by atoms with Crippen molar-refractivity contribution in [3.63, 3.8) is 0 Å². The molecule has 0 aliphatic carbocycles. The number of carbonyl (C=O) groups excluding carboxylic acids is 3. The average molecular weight is 419 g/mol. The van der Waals surface area contributed by atoms with Crippen LogP contribution in [0, 0.1) is 5.92 Å². The molecular weight excluding hydrogens is 392 g/mol. The second kappa shape index (κ2) is 9.35. The lowest BCUT2D eigenvalue weighted by Crippen LogP contribution is -2.45. The summed E-state index contributed by atoms with van der Waals surface area (Å²) in [6, 6.07) is 5.30. The first kappa shape index (κ1) is 21.2. The Kier molecular flexibility index (Phi) is 6.84. The molecule has 2 fully saturated rings. The summed E-state index contributed by atoms with van der Waals surface area (Å²) < 4.78 is 10.8. The molecule has 2 aliphatic rings. The molecule has 0 unspecified atom stereocenters. The summed E-state index contributed by atoms with van der Waals surface area (Å²) >= 11 is 0.851. The van der Waals surface area contributed by atoms with Crippen LogP contribution in [0.25, 0.3) is 6.08 Å². The minimum Gasteiger partial charge on any atom is -0.493 e. The van der Waals surface area contributed by atoms with Crippen molar-refractivity contribution in [2.24, 2.45) is 5.92 Å². The SMILES string of the molecule is CCOc1cc(/C=C2/SC(=O)N(CC(=O)N3CCC(C)CC3)C2=O)ccc1OC. The molecule has 0 N–H and O–H groups in total. The number of piperidine rings is 1. The topological polar surface area (TPSA) is 76.2 Å². The zero-order valence-corrected chi connectivity index (χ0v) is 17.8.